The van der Waals surface area contributed by atoms with E-state index in [0.29, 0.717) is 0 Å². The Morgan fingerprint density at radius 1 is 0.830 bits per heavy atom. The second-order valence-electron chi connectivity index (χ2n) is 11.5. The predicted octanol–water partition coefficient (Wildman–Crippen LogP) is 9.33. The molecular formula is C41H36N4S2. The molecule has 0 saturated carbocycles. The lowest BCUT2D eigenvalue weighted by Gasteiger charge is -2.34. The van der Waals surface area contributed by atoms with Crippen LogP contribution in [0.4, 0.5) is 0 Å². The summed E-state index contributed by atoms with van der Waals surface area (Å²) in [5.74, 6) is 0.959. The van der Waals surface area contributed by atoms with Crippen LogP contribution in [0.3, 0.4) is 0 Å². The molecule has 5 N–H and O–H groups in total. The number of nitrogens with one attached hydrogen (secondary N) is 1. The highest BCUT2D eigenvalue weighted by Gasteiger charge is 2.46. The first-order valence-electron chi connectivity index (χ1n) is 15.7. The molecule has 4 nitrogen and oxygen atoms in total. The van der Waals surface area contributed by atoms with Gasteiger partial charge in [-0.2, -0.15) is 0 Å². The number of rotatable bonds is 10. The van der Waals surface area contributed by atoms with E-state index in [9.17, 15) is 0 Å². The van der Waals surface area contributed by atoms with Crippen LogP contribution in [-0.2, 0) is 5.41 Å². The highest BCUT2D eigenvalue weighted by Crippen LogP contribution is 2.57. The Morgan fingerprint density at radius 3 is 2.17 bits per heavy atom. The van der Waals surface area contributed by atoms with Crippen LogP contribution in [0.15, 0.2) is 157 Å². The largest absolute Gasteiger partial charge is 0.404 e. The van der Waals surface area contributed by atoms with Crippen molar-refractivity contribution in [2.45, 2.75) is 17.2 Å². The lowest BCUT2D eigenvalue weighted by Crippen LogP contribution is -2.28. The molecule has 0 amide bonds. The van der Waals surface area contributed by atoms with E-state index >= 15 is 0 Å². The number of fused-ring (bicyclic) bond motifs is 3. The minimum absolute atomic E-state index is 0.158. The molecule has 0 spiro atoms. The van der Waals surface area contributed by atoms with Crippen LogP contribution < -0.4 is 16.8 Å². The summed E-state index contributed by atoms with van der Waals surface area (Å²) >= 11 is 3.44. The van der Waals surface area contributed by atoms with E-state index in [-0.39, 0.29) is 5.37 Å². The van der Waals surface area contributed by atoms with E-state index < -0.39 is 5.41 Å². The Hall–Kier alpha value is -4.91. The summed E-state index contributed by atoms with van der Waals surface area (Å²) in [5, 5.41) is 7.50. The first kappa shape index (κ1) is 30.7. The van der Waals surface area contributed by atoms with Crippen LogP contribution in [0.1, 0.15) is 45.3 Å². The van der Waals surface area contributed by atoms with Crippen molar-refractivity contribution >= 4 is 29.1 Å². The van der Waals surface area contributed by atoms with Gasteiger partial charge in [0.25, 0.3) is 0 Å². The topological polar surface area (TPSA) is 77.0 Å². The van der Waals surface area contributed by atoms with Gasteiger partial charge in [-0.05, 0) is 85.5 Å². The predicted molar refractivity (Wildman–Crippen MR) is 201 cm³/mol. The van der Waals surface area contributed by atoms with Crippen molar-refractivity contribution in [3.8, 4) is 22.3 Å². The molecule has 5 aromatic rings. The normalized spacial score (nSPS) is 16.4. The van der Waals surface area contributed by atoms with Gasteiger partial charge in [0.2, 0.25) is 0 Å². The molecule has 2 aliphatic rings. The average Bonchev–Trinajstić information content (AvgIpc) is 3.78. The Balaban J connectivity index is 1.37. The van der Waals surface area contributed by atoms with Crippen molar-refractivity contribution in [1.29, 1.82) is 0 Å². The summed E-state index contributed by atoms with van der Waals surface area (Å²) in [7, 11) is 0. The molecule has 0 saturated heterocycles. The minimum atomic E-state index is -0.530. The first-order chi connectivity index (χ1) is 23.2. The molecule has 0 bridgehead atoms. The van der Waals surface area contributed by atoms with Gasteiger partial charge < -0.3 is 16.8 Å². The Morgan fingerprint density at radius 2 is 1.53 bits per heavy atom. The van der Waals surface area contributed by atoms with E-state index in [2.05, 4.69) is 132 Å². The third kappa shape index (κ3) is 5.79. The number of benzene rings is 4. The number of allylic oxidation sites excluding steroid dienone is 3. The molecule has 0 radical (unpaired) electrons. The van der Waals surface area contributed by atoms with Crippen LogP contribution in [0.2, 0.25) is 0 Å². The molecule has 4 aromatic carbocycles. The van der Waals surface area contributed by atoms with Gasteiger partial charge in [0.05, 0.1) is 11.1 Å². The third-order valence-corrected chi connectivity index (χ3v) is 10.6. The summed E-state index contributed by atoms with van der Waals surface area (Å²) in [6.07, 6.45) is 12.5. The maximum Gasteiger partial charge on any atom is 0.119 e. The van der Waals surface area contributed by atoms with Crippen molar-refractivity contribution < 1.29 is 0 Å². The lowest BCUT2D eigenvalue weighted by atomic mass is 9.67. The zero-order chi connectivity index (χ0) is 32.1. The molecule has 7 rings (SSSR count). The van der Waals surface area contributed by atoms with Gasteiger partial charge in [-0.3, -0.25) is 4.98 Å². The summed E-state index contributed by atoms with van der Waals surface area (Å²) in [6.45, 7) is 0. The SMILES string of the molecule is N/C=C\SCC/C=C\C(=C/N)c1ccc2c(c1)C(c1ccccc1)(c1ccccc1)c1cc(-c3ccc(C4NC=CS4)nc3)ccc1-2. The maximum absolute atomic E-state index is 6.26. The van der Waals surface area contributed by atoms with Crippen LogP contribution in [-0.4, -0.2) is 10.7 Å². The van der Waals surface area contributed by atoms with Gasteiger partial charge in [0.1, 0.15) is 5.37 Å². The van der Waals surface area contributed by atoms with Crippen LogP contribution in [0, 0.1) is 0 Å². The number of pyridine rings is 1. The number of hydrogen-bond acceptors (Lipinski definition) is 6. The number of thioether (sulfide) groups is 2. The number of aromatic nitrogens is 1. The highest BCUT2D eigenvalue weighted by molar-refractivity contribution is 8.02. The Bertz CT molecular complexity index is 1930. The minimum Gasteiger partial charge on any atom is -0.404 e. The maximum atomic E-state index is 6.26. The number of nitrogens with zero attached hydrogens (tertiary/aromatic N) is 1. The van der Waals surface area contributed by atoms with Crippen LogP contribution in [0.5, 0.6) is 0 Å². The Labute approximate surface area is 285 Å². The fourth-order valence-corrected chi connectivity index (χ4v) is 8.01. The lowest BCUT2D eigenvalue weighted by molar-refractivity contribution is 0.768. The monoisotopic (exact) mass is 648 g/mol. The highest BCUT2D eigenvalue weighted by atomic mass is 32.2. The zero-order valence-electron chi connectivity index (χ0n) is 25.9. The van der Waals surface area contributed by atoms with Crippen molar-refractivity contribution in [2.75, 3.05) is 5.75 Å². The molecule has 1 atom stereocenters. The summed E-state index contributed by atoms with van der Waals surface area (Å²) in [6, 6.07) is 39.8. The second kappa shape index (κ2) is 13.8. The Kier molecular flexibility index (Phi) is 9.05. The van der Waals surface area contributed by atoms with E-state index in [1.807, 2.05) is 17.8 Å². The van der Waals surface area contributed by atoms with Gasteiger partial charge in [-0.15, -0.1) is 23.5 Å². The molecule has 1 unspecified atom stereocenters. The summed E-state index contributed by atoms with van der Waals surface area (Å²) in [4.78, 5) is 4.85. The van der Waals surface area contributed by atoms with Gasteiger partial charge in [0.15, 0.2) is 0 Å². The van der Waals surface area contributed by atoms with Crippen LogP contribution >= 0.6 is 23.5 Å². The quantitative estimate of drug-likeness (QED) is 0.102. The van der Waals surface area contributed by atoms with Gasteiger partial charge in [-0.1, -0.05) is 103 Å². The molecule has 1 aliphatic heterocycles. The average molecular weight is 649 g/mol. The molecule has 6 heteroatoms. The zero-order valence-corrected chi connectivity index (χ0v) is 27.6. The fourth-order valence-electron chi connectivity index (χ4n) is 6.74. The molecule has 232 valence electrons. The third-order valence-electron chi connectivity index (χ3n) is 8.86. The van der Waals surface area contributed by atoms with Crippen molar-refractivity contribution in [3.63, 3.8) is 0 Å². The van der Waals surface area contributed by atoms with E-state index in [1.165, 1.54) is 33.4 Å². The first-order valence-corrected chi connectivity index (χ1v) is 17.7. The standard InChI is InChI=1S/C41H36N4S2/c42-20-23-46-22-8-7-9-31(27-43)29-14-17-35-36-18-15-30(32-16-19-39(45-28-32)40-44-21-24-47-40)26-38(36)41(37(35)25-29,33-10-3-1-4-11-33)34-12-5-2-6-13-34/h1-7,9-21,23-28,40,44H,8,22,42-43H2/b9-7-,23-20-,31-27+. The van der Waals surface area contributed by atoms with Crippen molar-refractivity contribution in [3.05, 3.63) is 190 Å². The van der Waals surface area contributed by atoms with Gasteiger partial charge >= 0.3 is 0 Å². The van der Waals surface area contributed by atoms with Gasteiger partial charge in [0, 0.05) is 36.1 Å². The van der Waals surface area contributed by atoms with E-state index in [0.717, 1.165) is 40.1 Å². The molecule has 1 aromatic heterocycles. The molecule has 2 heterocycles. The van der Waals surface area contributed by atoms with E-state index in [4.69, 9.17) is 16.5 Å². The van der Waals surface area contributed by atoms with Crippen molar-refractivity contribution in [2.24, 2.45) is 11.5 Å². The van der Waals surface area contributed by atoms with Gasteiger partial charge in [-0.25, -0.2) is 0 Å². The second-order valence-corrected chi connectivity index (χ2v) is 13.5. The smallest absolute Gasteiger partial charge is 0.119 e. The number of hydrogen-bond donors (Lipinski definition) is 3. The molecule has 47 heavy (non-hydrogen) atoms. The fraction of sp³-hybridized carbons (Fsp3) is 0.0976. The van der Waals surface area contributed by atoms with Crippen LogP contribution in [0.25, 0.3) is 27.8 Å². The summed E-state index contributed by atoms with van der Waals surface area (Å²) in [5.41, 5.74) is 24.0. The number of nitrogens with two attached hydrogens (primary N) is 2. The molecule has 1 aliphatic carbocycles. The molecule has 0 fully saturated rings. The van der Waals surface area contributed by atoms with E-state index in [1.54, 1.807) is 35.9 Å². The summed E-state index contributed by atoms with van der Waals surface area (Å²) < 4.78 is 0. The molecular weight excluding hydrogens is 613 g/mol. The van der Waals surface area contributed by atoms with Crippen molar-refractivity contribution in [1.82, 2.24) is 10.3 Å².